The molecule has 7 heteroatoms. The lowest BCUT2D eigenvalue weighted by atomic mass is 10.1. The van der Waals surface area contributed by atoms with Crippen LogP contribution in [0.25, 0.3) is 5.78 Å². The monoisotopic (exact) mass is 369 g/mol. The Bertz CT molecular complexity index is 1180. The molecule has 0 saturated heterocycles. The van der Waals surface area contributed by atoms with Gasteiger partial charge in [0.15, 0.2) is 0 Å². The molecule has 2 aromatic heterocycles. The molecule has 2 aromatic carbocycles. The summed E-state index contributed by atoms with van der Waals surface area (Å²) in [6.07, 6.45) is 1.48. The van der Waals surface area contributed by atoms with Gasteiger partial charge in [-0.15, -0.1) is 0 Å². The highest BCUT2D eigenvalue weighted by Gasteiger charge is 2.11. The number of anilines is 4. The minimum absolute atomic E-state index is 0.489. The maximum atomic E-state index is 8.94. The maximum Gasteiger partial charge on any atom is 0.256 e. The average molecular weight is 369 g/mol. The lowest BCUT2D eigenvalue weighted by Crippen LogP contribution is -2.06. The van der Waals surface area contributed by atoms with Crippen molar-refractivity contribution in [3.05, 3.63) is 71.0 Å². The van der Waals surface area contributed by atoms with Crippen molar-refractivity contribution in [2.75, 3.05) is 10.6 Å². The summed E-state index contributed by atoms with van der Waals surface area (Å²) in [7, 11) is 0. The topological polar surface area (TPSA) is 90.9 Å². The highest BCUT2D eigenvalue weighted by atomic mass is 15.4. The molecule has 28 heavy (non-hydrogen) atoms. The van der Waals surface area contributed by atoms with E-state index in [4.69, 9.17) is 5.26 Å². The van der Waals surface area contributed by atoms with E-state index in [-0.39, 0.29) is 0 Å². The molecule has 7 nitrogen and oxygen atoms in total. The number of hydrogen-bond acceptors (Lipinski definition) is 6. The molecule has 2 N–H and O–H groups in total. The second kappa shape index (κ2) is 7.00. The first-order valence-corrected chi connectivity index (χ1v) is 8.86. The predicted octanol–water partition coefficient (Wildman–Crippen LogP) is 4.41. The fourth-order valence-electron chi connectivity index (χ4n) is 3.25. The van der Waals surface area contributed by atoms with E-state index in [2.05, 4.69) is 64.7 Å². The van der Waals surface area contributed by atoms with Crippen LogP contribution in [0.5, 0.6) is 0 Å². The zero-order valence-corrected chi connectivity index (χ0v) is 15.9. The number of nitrogens with zero attached hydrogens (tertiary/aromatic N) is 5. The van der Waals surface area contributed by atoms with Gasteiger partial charge in [-0.3, -0.25) is 0 Å². The van der Waals surface area contributed by atoms with Gasteiger partial charge in [-0.05, 0) is 56.2 Å². The van der Waals surface area contributed by atoms with Gasteiger partial charge in [0.05, 0.1) is 11.6 Å². The van der Waals surface area contributed by atoms with Gasteiger partial charge in [-0.2, -0.15) is 24.8 Å². The Hall–Kier alpha value is -3.92. The van der Waals surface area contributed by atoms with Crippen LogP contribution in [0.3, 0.4) is 0 Å². The third-order valence-electron chi connectivity index (χ3n) is 4.47. The Kier molecular flexibility index (Phi) is 4.38. The second-order valence-electron chi connectivity index (χ2n) is 6.71. The smallest absolute Gasteiger partial charge is 0.256 e. The summed E-state index contributed by atoms with van der Waals surface area (Å²) in [4.78, 5) is 8.73. The third-order valence-corrected chi connectivity index (χ3v) is 4.47. The molecular formula is C21H19N7. The summed E-state index contributed by atoms with van der Waals surface area (Å²) in [5.74, 6) is 1.88. The summed E-state index contributed by atoms with van der Waals surface area (Å²) in [6, 6.07) is 15.5. The number of benzene rings is 2. The van der Waals surface area contributed by atoms with Gasteiger partial charge < -0.3 is 10.6 Å². The molecular weight excluding hydrogens is 350 g/mol. The van der Waals surface area contributed by atoms with Gasteiger partial charge in [0, 0.05) is 17.4 Å². The van der Waals surface area contributed by atoms with Gasteiger partial charge in [-0.1, -0.05) is 17.7 Å². The van der Waals surface area contributed by atoms with Crippen LogP contribution in [0.4, 0.5) is 23.0 Å². The van der Waals surface area contributed by atoms with Gasteiger partial charge in [0.1, 0.15) is 18.0 Å². The molecule has 0 saturated carbocycles. The fraction of sp³-hybridized carbons (Fsp3) is 0.143. The van der Waals surface area contributed by atoms with Crippen molar-refractivity contribution < 1.29 is 0 Å². The average Bonchev–Trinajstić information content (AvgIpc) is 3.14. The number of aromatic nitrogens is 4. The van der Waals surface area contributed by atoms with E-state index in [9.17, 15) is 0 Å². The molecule has 0 bridgehead atoms. The second-order valence-corrected chi connectivity index (χ2v) is 6.71. The normalized spacial score (nSPS) is 10.6. The van der Waals surface area contributed by atoms with E-state index < -0.39 is 0 Å². The molecule has 138 valence electrons. The molecule has 0 fully saturated rings. The molecule has 2 heterocycles. The number of hydrogen-bond donors (Lipinski definition) is 2. The van der Waals surface area contributed by atoms with Crippen LogP contribution in [0, 0.1) is 32.1 Å². The molecule has 0 aliphatic heterocycles. The van der Waals surface area contributed by atoms with Gasteiger partial charge in [0.2, 0.25) is 0 Å². The van der Waals surface area contributed by atoms with Crippen molar-refractivity contribution >= 4 is 28.8 Å². The first kappa shape index (κ1) is 17.5. The molecule has 4 rings (SSSR count). The van der Waals surface area contributed by atoms with Crippen molar-refractivity contribution in [1.29, 1.82) is 5.26 Å². The van der Waals surface area contributed by atoms with E-state index in [1.54, 1.807) is 16.6 Å². The minimum Gasteiger partial charge on any atom is -0.340 e. The van der Waals surface area contributed by atoms with Crippen molar-refractivity contribution in [3.63, 3.8) is 0 Å². The molecule has 0 spiro atoms. The lowest BCUT2D eigenvalue weighted by Gasteiger charge is -2.15. The molecule has 0 radical (unpaired) electrons. The summed E-state index contributed by atoms with van der Waals surface area (Å²) >= 11 is 0. The number of rotatable bonds is 4. The Morgan fingerprint density at radius 2 is 1.68 bits per heavy atom. The molecule has 4 aromatic rings. The minimum atomic E-state index is 0.489. The SMILES string of the molecule is Cc1cc(C)c(Nc2cc(Nc3ccc(C#N)cc3)nc3ncnn23)c(C)c1. The van der Waals surface area contributed by atoms with E-state index in [1.165, 1.54) is 11.9 Å². The Morgan fingerprint density at radius 3 is 2.36 bits per heavy atom. The van der Waals surface area contributed by atoms with Gasteiger partial charge >= 0.3 is 0 Å². The summed E-state index contributed by atoms with van der Waals surface area (Å²) in [5, 5.41) is 20.0. The number of nitriles is 1. The quantitative estimate of drug-likeness (QED) is 0.554. The van der Waals surface area contributed by atoms with Crippen molar-refractivity contribution in [1.82, 2.24) is 19.6 Å². The van der Waals surface area contributed by atoms with Crippen LogP contribution in [-0.2, 0) is 0 Å². The third kappa shape index (κ3) is 3.35. The van der Waals surface area contributed by atoms with E-state index in [0.29, 0.717) is 17.2 Å². The highest BCUT2D eigenvalue weighted by Crippen LogP contribution is 2.27. The van der Waals surface area contributed by atoms with Crippen LogP contribution in [-0.4, -0.2) is 19.6 Å². The standard InChI is InChI=1S/C21H19N7/c1-13-8-14(2)20(15(3)9-13)27-19-10-18(26-21-23-12-24-28(19)21)25-17-6-4-16(11-22)5-7-17/h4-10,12,27H,1-3H3,(H,23,24,25,26). The maximum absolute atomic E-state index is 8.94. The summed E-state index contributed by atoms with van der Waals surface area (Å²) in [5.41, 5.74) is 6.03. The van der Waals surface area contributed by atoms with Gasteiger partial charge in [0.25, 0.3) is 5.78 Å². The van der Waals surface area contributed by atoms with Crippen molar-refractivity contribution in [2.45, 2.75) is 20.8 Å². The summed E-state index contributed by atoms with van der Waals surface area (Å²) < 4.78 is 1.67. The first-order chi connectivity index (χ1) is 13.5. The molecule has 0 atom stereocenters. The van der Waals surface area contributed by atoms with Gasteiger partial charge in [-0.25, -0.2) is 0 Å². The molecule has 0 aliphatic carbocycles. The molecule has 0 amide bonds. The van der Waals surface area contributed by atoms with E-state index in [1.807, 2.05) is 18.2 Å². The van der Waals surface area contributed by atoms with Crippen LogP contribution >= 0.6 is 0 Å². The highest BCUT2D eigenvalue weighted by molar-refractivity contribution is 5.70. The Labute approximate surface area is 162 Å². The predicted molar refractivity (Wildman–Crippen MR) is 109 cm³/mol. The van der Waals surface area contributed by atoms with Crippen molar-refractivity contribution in [2.24, 2.45) is 0 Å². The largest absolute Gasteiger partial charge is 0.340 e. The van der Waals surface area contributed by atoms with E-state index in [0.717, 1.165) is 28.3 Å². The molecule has 0 unspecified atom stereocenters. The fourth-order valence-corrected chi connectivity index (χ4v) is 3.25. The molecule has 0 aliphatic rings. The first-order valence-electron chi connectivity index (χ1n) is 8.86. The van der Waals surface area contributed by atoms with Crippen LogP contribution in [0.15, 0.2) is 48.8 Å². The Morgan fingerprint density at radius 1 is 0.964 bits per heavy atom. The number of fused-ring (bicyclic) bond motifs is 1. The van der Waals surface area contributed by atoms with E-state index >= 15 is 0 Å². The van der Waals surface area contributed by atoms with Crippen LogP contribution in [0.2, 0.25) is 0 Å². The van der Waals surface area contributed by atoms with Crippen molar-refractivity contribution in [3.8, 4) is 6.07 Å². The van der Waals surface area contributed by atoms with Crippen LogP contribution < -0.4 is 10.6 Å². The zero-order chi connectivity index (χ0) is 19.7. The lowest BCUT2D eigenvalue weighted by molar-refractivity contribution is 0.947. The Balaban J connectivity index is 1.72. The summed E-state index contributed by atoms with van der Waals surface area (Å²) in [6.45, 7) is 6.25. The van der Waals surface area contributed by atoms with Crippen LogP contribution in [0.1, 0.15) is 22.3 Å². The number of aryl methyl sites for hydroxylation is 3. The number of nitrogens with one attached hydrogen (secondary N) is 2. The zero-order valence-electron chi connectivity index (χ0n) is 15.9.